The average Bonchev–Trinajstić information content (AvgIpc) is 3.26. The van der Waals surface area contributed by atoms with Crippen LogP contribution in [-0.2, 0) is 11.3 Å². The van der Waals surface area contributed by atoms with Crippen molar-refractivity contribution >= 4 is 11.7 Å². The maximum Gasteiger partial charge on any atom is 0.234 e. The van der Waals surface area contributed by atoms with E-state index in [1.54, 1.807) is 4.90 Å². The van der Waals surface area contributed by atoms with Crippen molar-refractivity contribution in [2.75, 3.05) is 33.0 Å². The summed E-state index contributed by atoms with van der Waals surface area (Å²) in [6, 6.07) is 22.1. The third kappa shape index (κ3) is 4.81. The van der Waals surface area contributed by atoms with Gasteiger partial charge in [-0.05, 0) is 37.6 Å². The van der Waals surface area contributed by atoms with Gasteiger partial charge in [-0.2, -0.15) is 0 Å². The SMILES string of the molecule is CNc1cc(CN(C)C(=O)C(c2ccccc2)c2ccccc2)nc([C@H]2CCCN2C)n1. The van der Waals surface area contributed by atoms with E-state index < -0.39 is 0 Å². The van der Waals surface area contributed by atoms with Crippen LogP contribution in [0, 0.1) is 0 Å². The molecular weight excluding hydrogens is 398 g/mol. The molecule has 32 heavy (non-hydrogen) atoms. The van der Waals surface area contributed by atoms with Gasteiger partial charge in [-0.1, -0.05) is 60.7 Å². The minimum absolute atomic E-state index is 0.0477. The third-order valence-corrected chi connectivity index (χ3v) is 6.16. The van der Waals surface area contributed by atoms with Gasteiger partial charge in [0, 0.05) is 20.2 Å². The van der Waals surface area contributed by atoms with Gasteiger partial charge in [0.25, 0.3) is 0 Å². The molecule has 0 radical (unpaired) electrons. The van der Waals surface area contributed by atoms with E-state index in [4.69, 9.17) is 9.97 Å². The number of hydrogen-bond donors (Lipinski definition) is 1. The molecule has 6 heteroatoms. The molecule has 1 aliphatic rings. The molecule has 1 N–H and O–H groups in total. The third-order valence-electron chi connectivity index (χ3n) is 6.16. The zero-order chi connectivity index (χ0) is 22.5. The summed E-state index contributed by atoms with van der Waals surface area (Å²) in [5.41, 5.74) is 2.82. The first kappa shape index (κ1) is 22.0. The molecular formula is C26H31N5O. The highest BCUT2D eigenvalue weighted by Crippen LogP contribution is 2.30. The fraction of sp³-hybridized carbons (Fsp3) is 0.346. The van der Waals surface area contributed by atoms with Crippen molar-refractivity contribution in [2.24, 2.45) is 0 Å². The first-order valence-corrected chi connectivity index (χ1v) is 11.2. The second kappa shape index (κ2) is 9.92. The van der Waals surface area contributed by atoms with Gasteiger partial charge < -0.3 is 10.2 Å². The number of rotatable bonds is 7. The smallest absolute Gasteiger partial charge is 0.234 e. The molecule has 3 aromatic rings. The maximum atomic E-state index is 13.7. The van der Waals surface area contributed by atoms with Crippen molar-refractivity contribution in [1.82, 2.24) is 19.8 Å². The van der Waals surface area contributed by atoms with Gasteiger partial charge in [0.05, 0.1) is 24.2 Å². The van der Waals surface area contributed by atoms with Crippen LogP contribution in [0.4, 0.5) is 5.82 Å². The van der Waals surface area contributed by atoms with Gasteiger partial charge in [0.1, 0.15) is 11.6 Å². The van der Waals surface area contributed by atoms with Gasteiger partial charge >= 0.3 is 0 Å². The quantitative estimate of drug-likeness (QED) is 0.613. The van der Waals surface area contributed by atoms with Crippen LogP contribution in [0.1, 0.15) is 47.4 Å². The minimum atomic E-state index is -0.353. The molecule has 0 saturated carbocycles. The first-order chi connectivity index (χ1) is 15.6. The normalized spacial score (nSPS) is 16.3. The van der Waals surface area contributed by atoms with Gasteiger partial charge in [-0.3, -0.25) is 9.69 Å². The Labute approximate surface area is 190 Å². The Morgan fingerprint density at radius 1 is 1.09 bits per heavy atom. The number of aromatic nitrogens is 2. The zero-order valence-electron chi connectivity index (χ0n) is 19.0. The standard InChI is InChI=1S/C26H31N5O/c1-27-23-17-21(28-25(29-23)22-15-10-16-30(22)2)18-31(3)26(32)24(19-11-6-4-7-12-19)20-13-8-5-9-14-20/h4-9,11-14,17,22,24H,10,15-16,18H2,1-3H3,(H,27,28,29)/t22-/m1/s1. The predicted molar refractivity (Wildman–Crippen MR) is 127 cm³/mol. The molecule has 2 aromatic carbocycles. The van der Waals surface area contributed by atoms with E-state index in [-0.39, 0.29) is 17.9 Å². The summed E-state index contributed by atoms with van der Waals surface area (Å²) < 4.78 is 0. The van der Waals surface area contributed by atoms with E-state index in [0.29, 0.717) is 6.54 Å². The average molecular weight is 430 g/mol. The minimum Gasteiger partial charge on any atom is -0.373 e. The van der Waals surface area contributed by atoms with Crippen LogP contribution in [0.3, 0.4) is 0 Å². The van der Waals surface area contributed by atoms with Gasteiger partial charge in [-0.15, -0.1) is 0 Å². The lowest BCUT2D eigenvalue weighted by atomic mass is 9.90. The monoisotopic (exact) mass is 429 g/mol. The van der Waals surface area contributed by atoms with Gasteiger partial charge in [0.15, 0.2) is 0 Å². The molecule has 0 spiro atoms. The number of anilines is 1. The molecule has 4 rings (SSSR count). The molecule has 0 bridgehead atoms. The molecule has 0 aliphatic carbocycles. The second-order valence-corrected chi connectivity index (χ2v) is 8.44. The van der Waals surface area contributed by atoms with E-state index in [2.05, 4.69) is 17.3 Å². The number of carbonyl (C=O) groups excluding carboxylic acids is 1. The number of hydrogen-bond acceptors (Lipinski definition) is 5. The molecule has 166 valence electrons. The van der Waals surface area contributed by atoms with Crippen molar-refractivity contribution in [3.05, 3.63) is 89.4 Å². The summed E-state index contributed by atoms with van der Waals surface area (Å²) in [4.78, 5) is 27.3. The zero-order valence-corrected chi connectivity index (χ0v) is 19.0. The molecule has 2 heterocycles. The van der Waals surface area contributed by atoms with Crippen LogP contribution in [-0.4, -0.2) is 53.4 Å². The van der Waals surface area contributed by atoms with Crippen molar-refractivity contribution in [3.63, 3.8) is 0 Å². The lowest BCUT2D eigenvalue weighted by Crippen LogP contribution is -2.32. The lowest BCUT2D eigenvalue weighted by Gasteiger charge is -2.25. The number of benzene rings is 2. The van der Waals surface area contributed by atoms with Crippen LogP contribution in [0.15, 0.2) is 66.7 Å². The summed E-state index contributed by atoms with van der Waals surface area (Å²) in [6.45, 7) is 1.48. The summed E-state index contributed by atoms with van der Waals surface area (Å²) >= 11 is 0. The highest BCUT2D eigenvalue weighted by Gasteiger charge is 2.28. The summed E-state index contributed by atoms with van der Waals surface area (Å²) in [6.07, 6.45) is 2.21. The van der Waals surface area contributed by atoms with Crippen molar-refractivity contribution in [1.29, 1.82) is 0 Å². The second-order valence-electron chi connectivity index (χ2n) is 8.44. The molecule has 1 aliphatic heterocycles. The van der Waals surface area contributed by atoms with Gasteiger partial charge in [0.2, 0.25) is 5.91 Å². The summed E-state index contributed by atoms with van der Waals surface area (Å²) in [5.74, 6) is 1.31. The Balaban J connectivity index is 1.61. The Kier molecular flexibility index (Phi) is 6.81. The van der Waals surface area contributed by atoms with Crippen LogP contribution in [0.25, 0.3) is 0 Å². The van der Waals surface area contributed by atoms with E-state index in [1.165, 1.54) is 0 Å². The maximum absolute atomic E-state index is 13.7. The Morgan fingerprint density at radius 2 is 1.72 bits per heavy atom. The fourth-order valence-electron chi connectivity index (χ4n) is 4.42. The van der Waals surface area contributed by atoms with Crippen LogP contribution in [0.2, 0.25) is 0 Å². The van der Waals surface area contributed by atoms with Crippen molar-refractivity contribution < 1.29 is 4.79 Å². The number of likely N-dealkylation sites (tertiary alicyclic amines) is 1. The largest absolute Gasteiger partial charge is 0.373 e. The fourth-order valence-corrected chi connectivity index (χ4v) is 4.42. The number of nitrogens with one attached hydrogen (secondary N) is 1. The number of likely N-dealkylation sites (N-methyl/N-ethyl adjacent to an activating group) is 1. The Bertz CT molecular complexity index is 1000. The molecule has 1 aromatic heterocycles. The van der Waals surface area contributed by atoms with E-state index in [0.717, 1.165) is 47.8 Å². The topological polar surface area (TPSA) is 61.4 Å². The molecule has 1 saturated heterocycles. The van der Waals surface area contributed by atoms with Crippen LogP contribution >= 0.6 is 0 Å². The van der Waals surface area contributed by atoms with E-state index >= 15 is 0 Å². The number of nitrogens with zero attached hydrogens (tertiary/aromatic N) is 4. The Hall–Kier alpha value is -3.25. The molecule has 1 atom stereocenters. The first-order valence-electron chi connectivity index (χ1n) is 11.2. The molecule has 6 nitrogen and oxygen atoms in total. The summed E-state index contributed by atoms with van der Waals surface area (Å²) in [7, 11) is 5.83. The van der Waals surface area contributed by atoms with E-state index in [9.17, 15) is 4.79 Å². The highest BCUT2D eigenvalue weighted by atomic mass is 16.2. The van der Waals surface area contributed by atoms with Crippen LogP contribution in [0.5, 0.6) is 0 Å². The predicted octanol–water partition coefficient (Wildman–Crippen LogP) is 4.08. The Morgan fingerprint density at radius 3 is 2.25 bits per heavy atom. The van der Waals surface area contributed by atoms with Crippen molar-refractivity contribution in [3.8, 4) is 0 Å². The van der Waals surface area contributed by atoms with Crippen LogP contribution < -0.4 is 5.32 Å². The van der Waals surface area contributed by atoms with Gasteiger partial charge in [-0.25, -0.2) is 9.97 Å². The van der Waals surface area contributed by atoms with Crippen molar-refractivity contribution in [2.45, 2.75) is 31.3 Å². The molecule has 1 fully saturated rings. The number of amides is 1. The molecule has 0 unspecified atom stereocenters. The summed E-state index contributed by atoms with van der Waals surface area (Å²) in [5, 5.41) is 3.15. The lowest BCUT2D eigenvalue weighted by molar-refractivity contribution is -0.131. The van der Waals surface area contributed by atoms with E-state index in [1.807, 2.05) is 80.8 Å². The molecule has 1 amide bonds. The highest BCUT2D eigenvalue weighted by molar-refractivity contribution is 5.87. The number of carbonyl (C=O) groups is 1.